The number of hydrogen-bond acceptors (Lipinski definition) is 2. The van der Waals surface area contributed by atoms with Crippen LogP contribution in [0.5, 0.6) is 0 Å². The van der Waals surface area contributed by atoms with Crippen LogP contribution in [0.2, 0.25) is 0 Å². The highest BCUT2D eigenvalue weighted by atomic mass is 32.1. The molecule has 0 unspecified atom stereocenters. The minimum Gasteiger partial charge on any atom is -0.330 e. The number of imidazole rings is 1. The summed E-state index contributed by atoms with van der Waals surface area (Å²) in [6.07, 6.45) is 3.54. The van der Waals surface area contributed by atoms with E-state index < -0.39 is 0 Å². The fourth-order valence-electron chi connectivity index (χ4n) is 1.94. The molecule has 0 spiro atoms. The topological polar surface area (TPSA) is 44.5 Å². The van der Waals surface area contributed by atoms with E-state index in [2.05, 4.69) is 27.1 Å². The van der Waals surface area contributed by atoms with Gasteiger partial charge in [-0.15, -0.1) is 0 Å². The smallest absolute Gasteiger partial charge is 0.175 e. The molecule has 3 nitrogen and oxygen atoms in total. The molecule has 88 valence electrons. The molecule has 0 atom stereocenters. The van der Waals surface area contributed by atoms with E-state index in [1.165, 1.54) is 0 Å². The molecular formula is C14H11N3S. The Morgan fingerprint density at radius 1 is 0.778 bits per heavy atom. The van der Waals surface area contributed by atoms with Gasteiger partial charge in [0.2, 0.25) is 0 Å². The Bertz CT molecular complexity index is 639. The van der Waals surface area contributed by atoms with Crippen LogP contribution in [0.15, 0.2) is 54.9 Å². The summed E-state index contributed by atoms with van der Waals surface area (Å²) in [7, 11) is 0. The first kappa shape index (κ1) is 10.9. The first-order valence-electron chi connectivity index (χ1n) is 5.63. The Balaban J connectivity index is 2.21. The SMILES string of the molecule is S=c1[nH]c(-c2ccccc2)c(-c2ccncc2)[nH]1. The third-order valence-corrected chi connectivity index (χ3v) is 2.96. The second kappa shape index (κ2) is 4.58. The Labute approximate surface area is 110 Å². The van der Waals surface area contributed by atoms with Crippen LogP contribution < -0.4 is 0 Å². The summed E-state index contributed by atoms with van der Waals surface area (Å²) in [5.41, 5.74) is 4.17. The number of nitrogens with zero attached hydrogens (tertiary/aromatic N) is 1. The second-order valence-corrected chi connectivity index (χ2v) is 4.34. The number of benzene rings is 1. The molecule has 4 heteroatoms. The number of aromatic amines is 2. The third kappa shape index (κ3) is 1.98. The van der Waals surface area contributed by atoms with Gasteiger partial charge in [-0.1, -0.05) is 30.3 Å². The summed E-state index contributed by atoms with van der Waals surface area (Å²) in [4.78, 5) is 10.4. The number of rotatable bonds is 2. The molecule has 2 N–H and O–H groups in total. The molecule has 3 rings (SSSR count). The predicted molar refractivity (Wildman–Crippen MR) is 74.6 cm³/mol. The number of pyridine rings is 1. The Morgan fingerprint density at radius 2 is 1.33 bits per heavy atom. The van der Waals surface area contributed by atoms with Crippen molar-refractivity contribution in [2.75, 3.05) is 0 Å². The first-order valence-corrected chi connectivity index (χ1v) is 6.03. The van der Waals surface area contributed by atoms with E-state index in [9.17, 15) is 0 Å². The van der Waals surface area contributed by atoms with Crippen LogP contribution in [0, 0.1) is 4.77 Å². The summed E-state index contributed by atoms with van der Waals surface area (Å²) in [6, 6.07) is 14.0. The molecular weight excluding hydrogens is 242 g/mol. The third-order valence-electron chi connectivity index (χ3n) is 2.76. The van der Waals surface area contributed by atoms with Crippen LogP contribution in [-0.2, 0) is 0 Å². The van der Waals surface area contributed by atoms with Crippen LogP contribution in [0.1, 0.15) is 0 Å². The van der Waals surface area contributed by atoms with Crippen LogP contribution >= 0.6 is 12.2 Å². The zero-order chi connectivity index (χ0) is 12.4. The fourth-order valence-corrected chi connectivity index (χ4v) is 2.14. The maximum absolute atomic E-state index is 5.19. The minimum absolute atomic E-state index is 0.626. The van der Waals surface area contributed by atoms with Crippen molar-refractivity contribution in [1.29, 1.82) is 0 Å². The lowest BCUT2D eigenvalue weighted by atomic mass is 10.1. The van der Waals surface area contributed by atoms with Crippen LogP contribution in [-0.4, -0.2) is 15.0 Å². The highest BCUT2D eigenvalue weighted by Gasteiger charge is 2.09. The predicted octanol–water partition coefficient (Wildman–Crippen LogP) is 3.80. The first-order chi connectivity index (χ1) is 8.84. The molecule has 2 heterocycles. The number of hydrogen-bond donors (Lipinski definition) is 2. The van der Waals surface area contributed by atoms with E-state index in [4.69, 9.17) is 12.2 Å². The fraction of sp³-hybridized carbons (Fsp3) is 0. The molecule has 0 fully saturated rings. The molecule has 3 aromatic rings. The summed E-state index contributed by atoms with van der Waals surface area (Å²) >= 11 is 5.19. The van der Waals surface area contributed by atoms with Crippen molar-refractivity contribution in [1.82, 2.24) is 15.0 Å². The monoisotopic (exact) mass is 253 g/mol. The molecule has 2 aromatic heterocycles. The van der Waals surface area contributed by atoms with Crippen molar-refractivity contribution in [2.24, 2.45) is 0 Å². The van der Waals surface area contributed by atoms with E-state index in [1.54, 1.807) is 12.4 Å². The van der Waals surface area contributed by atoms with E-state index in [0.29, 0.717) is 4.77 Å². The van der Waals surface area contributed by atoms with Crippen LogP contribution in [0.25, 0.3) is 22.5 Å². The van der Waals surface area contributed by atoms with Gasteiger partial charge in [0.05, 0.1) is 11.4 Å². The maximum Gasteiger partial charge on any atom is 0.175 e. The lowest BCUT2D eigenvalue weighted by Crippen LogP contribution is -1.83. The quantitative estimate of drug-likeness (QED) is 0.682. The summed E-state index contributed by atoms with van der Waals surface area (Å²) in [5, 5.41) is 0. The normalized spacial score (nSPS) is 10.4. The molecule has 18 heavy (non-hydrogen) atoms. The zero-order valence-electron chi connectivity index (χ0n) is 9.55. The van der Waals surface area contributed by atoms with Crippen molar-refractivity contribution in [3.05, 3.63) is 59.6 Å². The van der Waals surface area contributed by atoms with E-state index in [1.807, 2.05) is 30.3 Å². The number of H-pyrrole nitrogens is 2. The molecule has 0 radical (unpaired) electrons. The average molecular weight is 253 g/mol. The van der Waals surface area contributed by atoms with Crippen molar-refractivity contribution < 1.29 is 0 Å². The molecule has 0 aliphatic carbocycles. The van der Waals surface area contributed by atoms with E-state index in [0.717, 1.165) is 22.5 Å². The van der Waals surface area contributed by atoms with Gasteiger partial charge < -0.3 is 9.97 Å². The van der Waals surface area contributed by atoms with Crippen molar-refractivity contribution >= 4 is 12.2 Å². The van der Waals surface area contributed by atoms with Crippen molar-refractivity contribution in [3.63, 3.8) is 0 Å². The molecule has 1 aromatic carbocycles. The van der Waals surface area contributed by atoms with Gasteiger partial charge in [-0.25, -0.2) is 0 Å². The molecule has 0 amide bonds. The van der Waals surface area contributed by atoms with Gasteiger partial charge in [0, 0.05) is 23.5 Å². The maximum atomic E-state index is 5.19. The van der Waals surface area contributed by atoms with E-state index >= 15 is 0 Å². The standard InChI is InChI=1S/C14H11N3S/c18-14-16-12(10-4-2-1-3-5-10)13(17-14)11-6-8-15-9-7-11/h1-9H,(H2,16,17,18). The van der Waals surface area contributed by atoms with Crippen molar-refractivity contribution in [2.45, 2.75) is 0 Å². The van der Waals surface area contributed by atoms with E-state index in [-0.39, 0.29) is 0 Å². The van der Waals surface area contributed by atoms with Gasteiger partial charge >= 0.3 is 0 Å². The highest BCUT2D eigenvalue weighted by molar-refractivity contribution is 7.71. The molecule has 0 bridgehead atoms. The molecule has 0 saturated heterocycles. The number of nitrogens with one attached hydrogen (secondary N) is 2. The molecule has 0 saturated carbocycles. The average Bonchev–Trinajstić information content (AvgIpc) is 2.83. The Hall–Kier alpha value is -2.20. The van der Waals surface area contributed by atoms with Gasteiger partial charge in [-0.3, -0.25) is 4.98 Å². The summed E-state index contributed by atoms with van der Waals surface area (Å²) in [6.45, 7) is 0. The molecule has 0 aliphatic heterocycles. The van der Waals surface area contributed by atoms with Gasteiger partial charge in [0.15, 0.2) is 4.77 Å². The minimum atomic E-state index is 0.626. The summed E-state index contributed by atoms with van der Waals surface area (Å²) in [5.74, 6) is 0. The van der Waals surface area contributed by atoms with Gasteiger partial charge in [0.1, 0.15) is 0 Å². The highest BCUT2D eigenvalue weighted by Crippen LogP contribution is 2.28. The van der Waals surface area contributed by atoms with Crippen LogP contribution in [0.3, 0.4) is 0 Å². The number of aromatic nitrogens is 3. The molecule has 0 aliphatic rings. The lowest BCUT2D eigenvalue weighted by Gasteiger charge is -2.03. The van der Waals surface area contributed by atoms with Gasteiger partial charge in [-0.2, -0.15) is 0 Å². The Kier molecular flexibility index (Phi) is 2.78. The largest absolute Gasteiger partial charge is 0.330 e. The van der Waals surface area contributed by atoms with Gasteiger partial charge in [-0.05, 0) is 24.4 Å². The Morgan fingerprint density at radius 3 is 1.94 bits per heavy atom. The summed E-state index contributed by atoms with van der Waals surface area (Å²) < 4.78 is 0.626. The second-order valence-electron chi connectivity index (χ2n) is 3.93. The van der Waals surface area contributed by atoms with Gasteiger partial charge in [0.25, 0.3) is 0 Å². The van der Waals surface area contributed by atoms with Crippen molar-refractivity contribution in [3.8, 4) is 22.5 Å². The lowest BCUT2D eigenvalue weighted by molar-refractivity contribution is 1.26. The van der Waals surface area contributed by atoms with Crippen LogP contribution in [0.4, 0.5) is 0 Å². The zero-order valence-corrected chi connectivity index (χ0v) is 10.4.